The van der Waals surface area contributed by atoms with Crippen molar-refractivity contribution in [2.75, 3.05) is 18.0 Å². The first-order chi connectivity index (χ1) is 11.9. The zero-order valence-electron chi connectivity index (χ0n) is 14.1. The van der Waals surface area contributed by atoms with E-state index in [2.05, 4.69) is 4.72 Å². The average Bonchev–Trinajstić information content (AvgIpc) is 2.94. The Morgan fingerprint density at radius 2 is 1.88 bits per heavy atom. The summed E-state index contributed by atoms with van der Waals surface area (Å²) in [7, 11) is -3.65. The monoisotopic (exact) mass is 360 g/mol. The van der Waals surface area contributed by atoms with Gasteiger partial charge in [-0.05, 0) is 37.6 Å². The van der Waals surface area contributed by atoms with Crippen LogP contribution in [-0.4, -0.2) is 33.7 Å². The maximum atomic E-state index is 12.5. The Bertz CT molecular complexity index is 881. The summed E-state index contributed by atoms with van der Waals surface area (Å²) in [5.41, 5.74) is 2.41. The molecule has 6 nitrogen and oxygen atoms in total. The number of hydrogen-bond donors (Lipinski definition) is 1. The first-order valence-electron chi connectivity index (χ1n) is 7.97. The standard InChI is InChI=1S/C18H20N2O4S/c1-13-8-9-17(14(2)10-13)25(22,23)19-11-16-12-20(18(21)24-16)15-6-4-3-5-7-15/h3-10,16,19H,11-12H2,1-2H3. The van der Waals surface area contributed by atoms with Gasteiger partial charge < -0.3 is 4.74 Å². The van der Waals surface area contributed by atoms with Gasteiger partial charge in [-0.2, -0.15) is 0 Å². The number of ether oxygens (including phenoxy) is 1. The van der Waals surface area contributed by atoms with Crippen LogP contribution in [0.3, 0.4) is 0 Å². The van der Waals surface area contributed by atoms with Crippen LogP contribution in [0.15, 0.2) is 53.4 Å². The van der Waals surface area contributed by atoms with Gasteiger partial charge in [-0.15, -0.1) is 0 Å². The molecular weight excluding hydrogens is 340 g/mol. The Morgan fingerprint density at radius 3 is 2.56 bits per heavy atom. The fraction of sp³-hybridized carbons (Fsp3) is 0.278. The number of cyclic esters (lactones) is 1. The second kappa shape index (κ2) is 6.85. The second-order valence-corrected chi connectivity index (χ2v) is 7.81. The summed E-state index contributed by atoms with van der Waals surface area (Å²) >= 11 is 0. The van der Waals surface area contributed by atoms with E-state index in [0.29, 0.717) is 12.1 Å². The van der Waals surface area contributed by atoms with Crippen LogP contribution in [0, 0.1) is 13.8 Å². The summed E-state index contributed by atoms with van der Waals surface area (Å²) in [6.07, 6.45) is -1.00. The van der Waals surface area contributed by atoms with E-state index >= 15 is 0 Å². The molecule has 0 saturated carbocycles. The number of aryl methyl sites for hydroxylation is 2. The maximum Gasteiger partial charge on any atom is 0.414 e. The molecule has 3 rings (SSSR count). The first-order valence-corrected chi connectivity index (χ1v) is 9.45. The van der Waals surface area contributed by atoms with Crippen molar-refractivity contribution in [3.63, 3.8) is 0 Å². The van der Waals surface area contributed by atoms with Crippen molar-refractivity contribution in [2.24, 2.45) is 0 Å². The highest BCUT2D eigenvalue weighted by Gasteiger charge is 2.33. The van der Waals surface area contributed by atoms with E-state index in [1.54, 1.807) is 19.1 Å². The Balaban J connectivity index is 1.67. The number of para-hydroxylation sites is 1. The van der Waals surface area contributed by atoms with E-state index in [-0.39, 0.29) is 11.4 Å². The molecule has 0 aromatic heterocycles. The third-order valence-electron chi connectivity index (χ3n) is 4.06. The molecule has 2 aromatic carbocycles. The molecule has 1 aliphatic heterocycles. The molecule has 1 amide bonds. The minimum Gasteiger partial charge on any atom is -0.443 e. The summed E-state index contributed by atoms with van der Waals surface area (Å²) < 4.78 is 32.8. The van der Waals surface area contributed by atoms with Gasteiger partial charge in [0, 0.05) is 12.2 Å². The van der Waals surface area contributed by atoms with E-state index < -0.39 is 22.2 Å². The highest BCUT2D eigenvalue weighted by molar-refractivity contribution is 7.89. The van der Waals surface area contributed by atoms with Crippen molar-refractivity contribution >= 4 is 21.8 Å². The van der Waals surface area contributed by atoms with Gasteiger partial charge in [0.2, 0.25) is 10.0 Å². The van der Waals surface area contributed by atoms with Crippen molar-refractivity contribution < 1.29 is 17.9 Å². The molecule has 2 aromatic rings. The lowest BCUT2D eigenvalue weighted by atomic mass is 10.2. The number of rotatable bonds is 5. The summed E-state index contributed by atoms with van der Waals surface area (Å²) in [5.74, 6) is 0. The quantitative estimate of drug-likeness (QED) is 0.889. The van der Waals surface area contributed by atoms with Crippen LogP contribution < -0.4 is 9.62 Å². The molecule has 132 valence electrons. The molecule has 7 heteroatoms. The highest BCUT2D eigenvalue weighted by atomic mass is 32.2. The number of hydrogen-bond acceptors (Lipinski definition) is 4. The number of carbonyl (C=O) groups is 1. The van der Waals surface area contributed by atoms with Crippen LogP contribution in [0.2, 0.25) is 0 Å². The summed E-state index contributed by atoms with van der Waals surface area (Å²) in [6, 6.07) is 14.3. The summed E-state index contributed by atoms with van der Waals surface area (Å²) in [6.45, 7) is 4.00. The number of carbonyl (C=O) groups excluding carboxylic acids is 1. The van der Waals surface area contributed by atoms with E-state index in [9.17, 15) is 13.2 Å². The molecule has 0 bridgehead atoms. The van der Waals surface area contributed by atoms with Crippen LogP contribution in [-0.2, 0) is 14.8 Å². The Morgan fingerprint density at radius 1 is 1.16 bits per heavy atom. The summed E-state index contributed by atoms with van der Waals surface area (Å²) in [5, 5.41) is 0. The Hall–Kier alpha value is -2.38. The molecule has 1 unspecified atom stereocenters. The lowest BCUT2D eigenvalue weighted by Crippen LogP contribution is -2.34. The Kier molecular flexibility index (Phi) is 4.78. The smallest absolute Gasteiger partial charge is 0.414 e. The van der Waals surface area contributed by atoms with Gasteiger partial charge in [0.1, 0.15) is 6.10 Å². The first kappa shape index (κ1) is 17.4. The van der Waals surface area contributed by atoms with E-state index in [1.807, 2.05) is 43.3 Å². The lowest BCUT2D eigenvalue weighted by Gasteiger charge is -2.13. The van der Waals surface area contributed by atoms with E-state index in [0.717, 1.165) is 11.3 Å². The van der Waals surface area contributed by atoms with E-state index in [4.69, 9.17) is 4.74 Å². The van der Waals surface area contributed by atoms with Crippen LogP contribution >= 0.6 is 0 Å². The molecule has 1 atom stereocenters. The fourth-order valence-electron chi connectivity index (χ4n) is 2.83. The molecule has 0 radical (unpaired) electrons. The molecular formula is C18H20N2O4S. The van der Waals surface area contributed by atoms with Crippen molar-refractivity contribution in [1.82, 2.24) is 4.72 Å². The predicted octanol–water partition coefficient (Wildman–Crippen LogP) is 2.61. The number of sulfonamides is 1. The van der Waals surface area contributed by atoms with Crippen LogP contribution in [0.25, 0.3) is 0 Å². The van der Waals surface area contributed by atoms with Gasteiger partial charge in [0.15, 0.2) is 0 Å². The van der Waals surface area contributed by atoms with E-state index in [1.165, 1.54) is 4.90 Å². The number of nitrogens with zero attached hydrogens (tertiary/aromatic N) is 1. The van der Waals surface area contributed by atoms with Gasteiger partial charge in [0.25, 0.3) is 0 Å². The van der Waals surface area contributed by atoms with Crippen molar-refractivity contribution in [3.05, 3.63) is 59.7 Å². The fourth-order valence-corrected chi connectivity index (χ4v) is 4.12. The molecule has 1 aliphatic rings. The Labute approximate surface area is 147 Å². The third-order valence-corrected chi connectivity index (χ3v) is 5.65. The zero-order valence-corrected chi connectivity index (χ0v) is 14.9. The molecule has 1 heterocycles. The van der Waals surface area contributed by atoms with Crippen molar-refractivity contribution in [2.45, 2.75) is 24.8 Å². The topological polar surface area (TPSA) is 75.7 Å². The van der Waals surface area contributed by atoms with Crippen LogP contribution in [0.1, 0.15) is 11.1 Å². The maximum absolute atomic E-state index is 12.5. The number of anilines is 1. The van der Waals surface area contributed by atoms with Gasteiger partial charge in [-0.3, -0.25) is 4.90 Å². The normalized spacial score (nSPS) is 17.6. The number of amides is 1. The average molecular weight is 360 g/mol. The van der Waals surface area contributed by atoms with Crippen molar-refractivity contribution in [3.8, 4) is 0 Å². The van der Waals surface area contributed by atoms with Crippen molar-refractivity contribution in [1.29, 1.82) is 0 Å². The molecule has 0 aliphatic carbocycles. The zero-order chi connectivity index (χ0) is 18.0. The lowest BCUT2D eigenvalue weighted by molar-refractivity contribution is 0.143. The van der Waals surface area contributed by atoms with Gasteiger partial charge in [-0.25, -0.2) is 17.9 Å². The van der Waals surface area contributed by atoms with Gasteiger partial charge in [0.05, 0.1) is 11.4 Å². The number of nitrogens with one attached hydrogen (secondary N) is 1. The molecule has 0 spiro atoms. The molecule has 1 fully saturated rings. The second-order valence-electron chi connectivity index (χ2n) is 6.07. The summed E-state index contributed by atoms with van der Waals surface area (Å²) in [4.78, 5) is 13.7. The SMILES string of the molecule is Cc1ccc(S(=O)(=O)NCC2CN(c3ccccc3)C(=O)O2)c(C)c1. The largest absolute Gasteiger partial charge is 0.443 e. The number of benzene rings is 2. The van der Waals surface area contributed by atoms with Crippen LogP contribution in [0.5, 0.6) is 0 Å². The predicted molar refractivity (Wildman–Crippen MR) is 95.2 cm³/mol. The molecule has 1 N–H and O–H groups in total. The van der Waals surface area contributed by atoms with Gasteiger partial charge >= 0.3 is 6.09 Å². The third kappa shape index (κ3) is 3.83. The minimum absolute atomic E-state index is 0.0325. The highest BCUT2D eigenvalue weighted by Crippen LogP contribution is 2.21. The minimum atomic E-state index is -3.65. The van der Waals surface area contributed by atoms with Gasteiger partial charge in [-0.1, -0.05) is 35.9 Å². The van der Waals surface area contributed by atoms with Crippen LogP contribution in [0.4, 0.5) is 10.5 Å². The molecule has 25 heavy (non-hydrogen) atoms. The molecule has 1 saturated heterocycles.